The average Bonchev–Trinajstić information content (AvgIpc) is 3.09. The second-order valence-electron chi connectivity index (χ2n) is 5.32. The summed E-state index contributed by atoms with van der Waals surface area (Å²) in [5.74, 6) is 0.375. The predicted octanol–water partition coefficient (Wildman–Crippen LogP) is 4.30. The molecule has 6 nitrogen and oxygen atoms in total. The Morgan fingerprint density at radius 1 is 1.23 bits per heavy atom. The third-order valence-electron chi connectivity index (χ3n) is 3.61. The first-order valence-electron chi connectivity index (χ1n) is 7.69. The van der Waals surface area contributed by atoms with Gasteiger partial charge in [-0.25, -0.2) is 0 Å². The third kappa shape index (κ3) is 4.36. The van der Waals surface area contributed by atoms with E-state index in [1.165, 1.54) is 18.1 Å². The minimum atomic E-state index is -0.441. The molecule has 0 aliphatic heterocycles. The molecule has 134 valence electrons. The first-order valence-corrected chi connectivity index (χ1v) is 9.29. The highest BCUT2D eigenvalue weighted by Gasteiger charge is 2.16. The highest BCUT2D eigenvalue weighted by atomic mass is 35.5. The van der Waals surface area contributed by atoms with E-state index in [4.69, 9.17) is 20.8 Å². The summed E-state index contributed by atoms with van der Waals surface area (Å²) in [6.07, 6.45) is 2.51. The lowest BCUT2D eigenvalue weighted by atomic mass is 10.1. The number of amides is 1. The van der Waals surface area contributed by atoms with Gasteiger partial charge in [-0.3, -0.25) is 10.1 Å². The van der Waals surface area contributed by atoms with Crippen molar-refractivity contribution in [3.8, 4) is 5.75 Å². The Morgan fingerprint density at radius 2 is 2.00 bits per heavy atom. The number of anilines is 1. The van der Waals surface area contributed by atoms with Gasteiger partial charge in [0.15, 0.2) is 0 Å². The monoisotopic (exact) mass is 389 g/mol. The largest absolute Gasteiger partial charge is 0.496 e. The number of carbonyl (C=O) groups is 1. The van der Waals surface area contributed by atoms with Crippen molar-refractivity contribution in [1.29, 1.82) is 0 Å². The zero-order chi connectivity index (χ0) is 18.5. The van der Waals surface area contributed by atoms with Crippen molar-refractivity contribution in [2.75, 3.05) is 18.7 Å². The molecule has 8 heteroatoms. The molecule has 0 saturated heterocycles. The number of halogens is 1. The molecule has 0 radical (unpaired) electrons. The number of benzene rings is 2. The van der Waals surface area contributed by atoms with Gasteiger partial charge < -0.3 is 9.15 Å². The molecule has 0 aliphatic rings. The van der Waals surface area contributed by atoms with E-state index in [2.05, 4.69) is 15.5 Å². The Hall–Kier alpha value is -2.51. The van der Waals surface area contributed by atoms with E-state index >= 15 is 0 Å². The van der Waals surface area contributed by atoms with Crippen LogP contribution in [0.1, 0.15) is 21.8 Å². The highest BCUT2D eigenvalue weighted by Crippen LogP contribution is 2.24. The molecule has 3 rings (SSSR count). The Morgan fingerprint density at radius 3 is 2.69 bits per heavy atom. The van der Waals surface area contributed by atoms with Crippen LogP contribution in [0.4, 0.5) is 6.01 Å². The maximum Gasteiger partial charge on any atom is 0.322 e. The van der Waals surface area contributed by atoms with Crippen molar-refractivity contribution in [3.63, 3.8) is 0 Å². The van der Waals surface area contributed by atoms with Crippen LogP contribution < -0.4 is 10.1 Å². The molecule has 0 fully saturated rings. The number of thioether (sulfide) groups is 1. The van der Waals surface area contributed by atoms with Crippen LogP contribution in [-0.4, -0.2) is 29.5 Å². The summed E-state index contributed by atoms with van der Waals surface area (Å²) in [5, 5.41) is 10.8. The SMILES string of the molecule is COc1ccc(Cl)cc1C(=O)Nc1nnc(Cc2ccc(SC)cc2)o1. The molecular formula is C18H16ClN3O3S. The van der Waals surface area contributed by atoms with Gasteiger partial charge in [-0.1, -0.05) is 28.8 Å². The fraction of sp³-hybridized carbons (Fsp3) is 0.167. The van der Waals surface area contributed by atoms with Crippen LogP contribution in [0.25, 0.3) is 0 Å². The van der Waals surface area contributed by atoms with Crippen molar-refractivity contribution >= 4 is 35.3 Å². The first kappa shape index (κ1) is 18.3. The van der Waals surface area contributed by atoms with Crippen LogP contribution >= 0.6 is 23.4 Å². The topological polar surface area (TPSA) is 77.2 Å². The molecule has 0 saturated carbocycles. The number of methoxy groups -OCH3 is 1. The maximum atomic E-state index is 12.4. The number of hydrogen-bond acceptors (Lipinski definition) is 6. The smallest absolute Gasteiger partial charge is 0.322 e. The summed E-state index contributed by atoms with van der Waals surface area (Å²) >= 11 is 7.63. The first-order chi connectivity index (χ1) is 12.6. The molecule has 0 bridgehead atoms. The predicted molar refractivity (Wildman–Crippen MR) is 101 cm³/mol. The number of aromatic nitrogens is 2. The van der Waals surface area contributed by atoms with E-state index in [0.29, 0.717) is 23.1 Å². The zero-order valence-electron chi connectivity index (χ0n) is 14.2. The molecule has 0 aliphatic carbocycles. The molecule has 1 aromatic heterocycles. The average molecular weight is 390 g/mol. The van der Waals surface area contributed by atoms with Crippen LogP contribution in [0.15, 0.2) is 51.8 Å². The zero-order valence-corrected chi connectivity index (χ0v) is 15.7. The van der Waals surface area contributed by atoms with E-state index in [0.717, 1.165) is 5.56 Å². The van der Waals surface area contributed by atoms with Crippen LogP contribution in [0.2, 0.25) is 5.02 Å². The van der Waals surface area contributed by atoms with E-state index in [1.807, 2.05) is 30.5 Å². The number of carbonyl (C=O) groups excluding carboxylic acids is 1. The van der Waals surface area contributed by atoms with Crippen molar-refractivity contribution in [1.82, 2.24) is 10.2 Å². The second-order valence-corrected chi connectivity index (χ2v) is 6.64. The molecule has 0 spiro atoms. The van der Waals surface area contributed by atoms with Gasteiger partial charge in [0.25, 0.3) is 5.91 Å². The summed E-state index contributed by atoms with van der Waals surface area (Å²) < 4.78 is 10.7. The number of nitrogens with one attached hydrogen (secondary N) is 1. The van der Waals surface area contributed by atoms with Gasteiger partial charge in [0.2, 0.25) is 5.89 Å². The molecule has 0 unspecified atom stereocenters. The normalized spacial score (nSPS) is 10.6. The second kappa shape index (κ2) is 8.25. The Balaban J connectivity index is 1.70. The van der Waals surface area contributed by atoms with E-state index in [9.17, 15) is 4.79 Å². The summed E-state index contributed by atoms with van der Waals surface area (Å²) in [7, 11) is 1.48. The van der Waals surface area contributed by atoms with Gasteiger partial charge in [0.1, 0.15) is 5.75 Å². The third-order valence-corrected chi connectivity index (χ3v) is 4.59. The summed E-state index contributed by atoms with van der Waals surface area (Å²) in [6.45, 7) is 0. The minimum Gasteiger partial charge on any atom is -0.496 e. The Kier molecular flexibility index (Phi) is 5.80. The fourth-order valence-corrected chi connectivity index (χ4v) is 2.90. The summed E-state index contributed by atoms with van der Waals surface area (Å²) in [4.78, 5) is 13.6. The minimum absolute atomic E-state index is 0.0211. The van der Waals surface area contributed by atoms with Gasteiger partial charge in [-0.15, -0.1) is 16.9 Å². The fourth-order valence-electron chi connectivity index (χ4n) is 2.32. The standard InChI is InChI=1S/C18H16ClN3O3S/c1-24-15-8-5-12(19)10-14(15)17(23)20-18-22-21-16(25-18)9-11-3-6-13(26-2)7-4-11/h3-8,10H,9H2,1-2H3,(H,20,22,23). The number of nitrogens with zero attached hydrogens (tertiary/aromatic N) is 2. The quantitative estimate of drug-likeness (QED) is 0.633. The van der Waals surface area contributed by atoms with E-state index in [-0.39, 0.29) is 11.6 Å². The molecule has 1 N–H and O–H groups in total. The van der Waals surface area contributed by atoms with Gasteiger partial charge in [-0.2, -0.15) is 0 Å². The molecule has 1 heterocycles. The van der Waals surface area contributed by atoms with E-state index in [1.54, 1.807) is 23.9 Å². The van der Waals surface area contributed by atoms with Crippen LogP contribution in [-0.2, 0) is 6.42 Å². The molecule has 2 aromatic carbocycles. The molecule has 0 atom stereocenters. The van der Waals surface area contributed by atoms with E-state index < -0.39 is 5.91 Å². The van der Waals surface area contributed by atoms with Crippen LogP contribution in [0, 0.1) is 0 Å². The van der Waals surface area contributed by atoms with Crippen molar-refractivity contribution in [2.24, 2.45) is 0 Å². The van der Waals surface area contributed by atoms with Gasteiger partial charge in [0.05, 0.1) is 19.1 Å². The Labute approximate surface area is 159 Å². The number of ether oxygens (including phenoxy) is 1. The molecular weight excluding hydrogens is 374 g/mol. The van der Waals surface area contributed by atoms with Gasteiger partial charge in [-0.05, 0) is 42.2 Å². The number of rotatable bonds is 6. The lowest BCUT2D eigenvalue weighted by Gasteiger charge is -2.07. The maximum absolute atomic E-state index is 12.4. The van der Waals surface area contributed by atoms with Gasteiger partial charge >= 0.3 is 6.01 Å². The summed E-state index contributed by atoms with van der Waals surface area (Å²) in [6, 6.07) is 12.9. The van der Waals surface area contributed by atoms with Crippen LogP contribution in [0.3, 0.4) is 0 Å². The lowest BCUT2D eigenvalue weighted by Crippen LogP contribution is -2.13. The molecule has 1 amide bonds. The molecule has 3 aromatic rings. The Bertz CT molecular complexity index is 912. The summed E-state index contributed by atoms with van der Waals surface area (Å²) in [5.41, 5.74) is 1.33. The van der Waals surface area contributed by atoms with Crippen molar-refractivity contribution in [2.45, 2.75) is 11.3 Å². The number of hydrogen-bond donors (Lipinski definition) is 1. The lowest BCUT2D eigenvalue weighted by molar-refractivity contribution is 0.102. The van der Waals surface area contributed by atoms with Crippen molar-refractivity contribution < 1.29 is 13.9 Å². The highest BCUT2D eigenvalue weighted by molar-refractivity contribution is 7.98. The van der Waals surface area contributed by atoms with Crippen LogP contribution in [0.5, 0.6) is 5.75 Å². The van der Waals surface area contributed by atoms with Crippen molar-refractivity contribution in [3.05, 3.63) is 64.5 Å². The molecule has 26 heavy (non-hydrogen) atoms. The van der Waals surface area contributed by atoms with Gasteiger partial charge in [0, 0.05) is 9.92 Å².